The molecule has 1 N–H and O–H groups in total. The number of rotatable bonds is 8. The highest BCUT2D eigenvalue weighted by Crippen LogP contribution is 2.46. The first kappa shape index (κ1) is 22.5. The average molecular weight is 456 g/mol. The van der Waals surface area contributed by atoms with Crippen molar-refractivity contribution in [3.05, 3.63) is 70.5 Å². The number of esters is 1. The Balaban J connectivity index is 1.87. The molecule has 4 rings (SSSR count). The van der Waals surface area contributed by atoms with Crippen LogP contribution in [-0.2, 0) is 31.5 Å². The topological polar surface area (TPSA) is 102 Å². The molecular weight excluding hydrogens is 432 g/mol. The van der Waals surface area contributed by atoms with Crippen molar-refractivity contribution in [2.75, 3.05) is 35.0 Å². The molecule has 0 radical (unpaired) electrons. The summed E-state index contributed by atoms with van der Waals surface area (Å²) in [6.45, 7) is 0.167. The standard InChI is InChI=1S/C24H24O9/c1-27-16-7-5-15(6-8-16)24(26)17(22(23(25)32-24)18-9-10-31-33-18)11-14-12-20(29-3)21(30-4)13-19(14)28-2/h5-9,12-13,26H,10-11H2,1-4H3. The van der Waals surface area contributed by atoms with Crippen LogP contribution < -0.4 is 18.9 Å². The molecule has 2 aliphatic heterocycles. The van der Waals surface area contributed by atoms with Crippen LogP contribution in [0.5, 0.6) is 23.0 Å². The molecule has 1 unspecified atom stereocenters. The van der Waals surface area contributed by atoms with Crippen molar-refractivity contribution >= 4 is 5.97 Å². The van der Waals surface area contributed by atoms with Gasteiger partial charge < -0.3 is 33.7 Å². The van der Waals surface area contributed by atoms with Crippen molar-refractivity contribution in [2.45, 2.75) is 12.2 Å². The van der Waals surface area contributed by atoms with Crippen molar-refractivity contribution in [3.8, 4) is 23.0 Å². The van der Waals surface area contributed by atoms with Crippen LogP contribution in [0.25, 0.3) is 0 Å². The second-order valence-corrected chi connectivity index (χ2v) is 7.25. The average Bonchev–Trinajstić information content (AvgIpc) is 3.45. The van der Waals surface area contributed by atoms with Crippen LogP contribution in [0.4, 0.5) is 0 Å². The van der Waals surface area contributed by atoms with Crippen molar-refractivity contribution in [3.63, 3.8) is 0 Å². The molecule has 33 heavy (non-hydrogen) atoms. The third-order valence-electron chi connectivity index (χ3n) is 5.52. The van der Waals surface area contributed by atoms with Gasteiger partial charge >= 0.3 is 5.97 Å². The lowest BCUT2D eigenvalue weighted by Gasteiger charge is -2.26. The normalized spacial score (nSPS) is 19.7. The zero-order chi connectivity index (χ0) is 23.6. The Bertz CT molecular complexity index is 1120. The summed E-state index contributed by atoms with van der Waals surface area (Å²) < 4.78 is 27.0. The number of aliphatic hydroxyl groups is 1. The molecule has 2 heterocycles. The summed E-state index contributed by atoms with van der Waals surface area (Å²) in [6, 6.07) is 9.99. The van der Waals surface area contributed by atoms with Gasteiger partial charge in [-0.3, -0.25) is 0 Å². The Morgan fingerprint density at radius 2 is 1.61 bits per heavy atom. The molecule has 0 aromatic heterocycles. The minimum Gasteiger partial charge on any atom is -0.497 e. The van der Waals surface area contributed by atoms with Crippen LogP contribution in [0.2, 0.25) is 0 Å². The number of ether oxygens (including phenoxy) is 5. The minimum absolute atomic E-state index is 0.0772. The lowest BCUT2D eigenvalue weighted by molar-refractivity contribution is -0.231. The van der Waals surface area contributed by atoms with Crippen LogP contribution in [0.1, 0.15) is 11.1 Å². The van der Waals surface area contributed by atoms with E-state index in [4.69, 9.17) is 33.5 Å². The van der Waals surface area contributed by atoms with Crippen molar-refractivity contribution in [1.29, 1.82) is 0 Å². The van der Waals surface area contributed by atoms with Gasteiger partial charge in [-0.25, -0.2) is 4.79 Å². The summed E-state index contributed by atoms with van der Waals surface area (Å²) in [7, 11) is 6.09. The third-order valence-corrected chi connectivity index (χ3v) is 5.52. The van der Waals surface area contributed by atoms with Crippen LogP contribution in [-0.4, -0.2) is 46.1 Å². The lowest BCUT2D eigenvalue weighted by atomic mass is 9.89. The van der Waals surface area contributed by atoms with Crippen LogP contribution in [0, 0.1) is 0 Å². The minimum atomic E-state index is -2.05. The second kappa shape index (κ2) is 9.05. The molecule has 0 saturated heterocycles. The lowest BCUT2D eigenvalue weighted by Crippen LogP contribution is -2.29. The number of cyclic esters (lactones) is 1. The molecule has 0 spiro atoms. The molecule has 0 bridgehead atoms. The molecule has 2 aliphatic rings. The number of methoxy groups -OCH3 is 4. The van der Waals surface area contributed by atoms with Gasteiger partial charge in [0.2, 0.25) is 0 Å². The molecule has 9 heteroatoms. The van der Waals surface area contributed by atoms with Gasteiger partial charge in [-0.2, -0.15) is 4.89 Å². The summed E-state index contributed by atoms with van der Waals surface area (Å²) in [6.07, 6.45) is 1.68. The highest BCUT2D eigenvalue weighted by atomic mass is 17.2. The van der Waals surface area contributed by atoms with Gasteiger partial charge in [0, 0.05) is 29.2 Å². The fourth-order valence-electron chi connectivity index (χ4n) is 3.85. The summed E-state index contributed by atoms with van der Waals surface area (Å²) in [5, 5.41) is 11.7. The zero-order valence-electron chi connectivity index (χ0n) is 18.7. The maximum absolute atomic E-state index is 12.9. The van der Waals surface area contributed by atoms with E-state index in [0.29, 0.717) is 34.1 Å². The van der Waals surface area contributed by atoms with Gasteiger partial charge in [-0.05, 0) is 36.4 Å². The predicted molar refractivity (Wildman–Crippen MR) is 115 cm³/mol. The molecule has 0 aliphatic carbocycles. The van der Waals surface area contributed by atoms with Gasteiger partial charge in [0.15, 0.2) is 17.3 Å². The zero-order valence-corrected chi connectivity index (χ0v) is 18.7. The van der Waals surface area contributed by atoms with E-state index in [9.17, 15) is 9.90 Å². The smallest absolute Gasteiger partial charge is 0.345 e. The number of hydrogen-bond acceptors (Lipinski definition) is 9. The Labute approximate surface area is 190 Å². The first-order valence-electron chi connectivity index (χ1n) is 10.1. The van der Waals surface area contributed by atoms with E-state index in [-0.39, 0.29) is 29.9 Å². The van der Waals surface area contributed by atoms with E-state index in [2.05, 4.69) is 0 Å². The van der Waals surface area contributed by atoms with Gasteiger partial charge in [-0.15, -0.1) is 0 Å². The quantitative estimate of drug-likeness (QED) is 0.475. The fourth-order valence-corrected chi connectivity index (χ4v) is 3.85. The molecule has 0 amide bonds. The van der Waals surface area contributed by atoms with Crippen LogP contribution >= 0.6 is 0 Å². The molecule has 9 nitrogen and oxygen atoms in total. The van der Waals surface area contributed by atoms with Crippen molar-refractivity contribution in [1.82, 2.24) is 0 Å². The Hall–Kier alpha value is -3.69. The van der Waals surface area contributed by atoms with Crippen LogP contribution in [0.3, 0.4) is 0 Å². The molecule has 2 aromatic carbocycles. The molecule has 0 saturated carbocycles. The summed E-state index contributed by atoms with van der Waals surface area (Å²) in [5.74, 6) is -0.593. The highest BCUT2D eigenvalue weighted by Gasteiger charge is 2.50. The number of hydrogen-bond donors (Lipinski definition) is 1. The van der Waals surface area contributed by atoms with E-state index in [1.165, 1.54) is 28.4 Å². The summed E-state index contributed by atoms with van der Waals surface area (Å²) >= 11 is 0. The maximum Gasteiger partial charge on any atom is 0.345 e. The van der Waals surface area contributed by atoms with E-state index in [1.807, 2.05) is 0 Å². The SMILES string of the molecule is COc1ccc(C2(O)OC(=O)C(C3=CCOO3)=C2Cc2cc(OC)c(OC)cc2OC)cc1. The fraction of sp³-hybridized carbons (Fsp3) is 0.292. The predicted octanol–water partition coefficient (Wildman–Crippen LogP) is 2.81. The Kier molecular flexibility index (Phi) is 6.17. The van der Waals surface area contributed by atoms with Gasteiger partial charge in [0.25, 0.3) is 5.79 Å². The summed E-state index contributed by atoms with van der Waals surface area (Å²) in [4.78, 5) is 23.0. The number of carbonyl (C=O) groups excluding carboxylic acids is 1. The molecule has 1 atom stereocenters. The Morgan fingerprint density at radius 1 is 0.939 bits per heavy atom. The van der Waals surface area contributed by atoms with E-state index >= 15 is 0 Å². The van der Waals surface area contributed by atoms with E-state index < -0.39 is 11.8 Å². The third kappa shape index (κ3) is 3.96. The van der Waals surface area contributed by atoms with E-state index in [1.54, 1.807) is 42.5 Å². The van der Waals surface area contributed by atoms with Gasteiger partial charge in [-0.1, -0.05) is 0 Å². The van der Waals surface area contributed by atoms with Crippen molar-refractivity contribution in [2.24, 2.45) is 0 Å². The highest BCUT2D eigenvalue weighted by molar-refractivity contribution is 5.97. The Morgan fingerprint density at radius 3 is 2.18 bits per heavy atom. The van der Waals surface area contributed by atoms with Gasteiger partial charge in [0.05, 0.1) is 28.4 Å². The first-order chi connectivity index (χ1) is 15.9. The van der Waals surface area contributed by atoms with Crippen LogP contribution in [0.15, 0.2) is 59.4 Å². The van der Waals surface area contributed by atoms with Gasteiger partial charge in [0.1, 0.15) is 23.7 Å². The largest absolute Gasteiger partial charge is 0.497 e. The van der Waals surface area contributed by atoms with Crippen molar-refractivity contribution < 1.29 is 43.4 Å². The molecule has 0 fully saturated rings. The maximum atomic E-state index is 12.9. The molecular formula is C24H24O9. The monoisotopic (exact) mass is 456 g/mol. The number of benzene rings is 2. The molecule has 2 aromatic rings. The first-order valence-corrected chi connectivity index (χ1v) is 10.1. The second-order valence-electron chi connectivity index (χ2n) is 7.25. The number of carbonyl (C=O) groups is 1. The molecule has 174 valence electrons. The van der Waals surface area contributed by atoms with E-state index in [0.717, 1.165) is 0 Å². The summed E-state index contributed by atoms with van der Waals surface area (Å²) in [5.41, 5.74) is 1.33.